The van der Waals surface area contributed by atoms with Gasteiger partial charge in [-0.2, -0.15) is 13.2 Å². The van der Waals surface area contributed by atoms with Gasteiger partial charge in [0.25, 0.3) is 0 Å². The predicted octanol–water partition coefficient (Wildman–Crippen LogP) is 4.79. The molecule has 7 nitrogen and oxygen atoms in total. The Kier molecular flexibility index (Phi) is 6.93. The molecule has 1 unspecified atom stereocenters. The topological polar surface area (TPSA) is 95.7 Å². The number of alkyl halides is 3. The Morgan fingerprint density at radius 1 is 1.25 bits per heavy atom. The minimum Gasteiger partial charge on any atom is -0.475 e. The Balaban J connectivity index is 2.23. The van der Waals surface area contributed by atoms with E-state index in [2.05, 4.69) is 10.3 Å². The second kappa shape index (κ2) is 9.47. The number of halogens is 3. The average molecular weight is 451 g/mol. The van der Waals surface area contributed by atoms with Gasteiger partial charge in [0.15, 0.2) is 0 Å². The SMILES string of the molecule is CC1=C(OC(=O)OCCN)C(c2ccccc2C(F)(F)F)c2c(ccnc2OC(C)C)N1. The van der Waals surface area contributed by atoms with Crippen molar-refractivity contribution in [2.24, 2.45) is 5.73 Å². The molecule has 0 bridgehead atoms. The highest BCUT2D eigenvalue weighted by molar-refractivity contribution is 5.70. The Morgan fingerprint density at radius 2 is 1.97 bits per heavy atom. The molecule has 1 aromatic carbocycles. The Hall–Kier alpha value is -3.27. The summed E-state index contributed by atoms with van der Waals surface area (Å²) in [6.45, 7) is 5.13. The lowest BCUT2D eigenvalue weighted by Crippen LogP contribution is -2.26. The van der Waals surface area contributed by atoms with Crippen LogP contribution < -0.4 is 15.8 Å². The number of benzene rings is 1. The zero-order chi connectivity index (χ0) is 23.5. The lowest BCUT2D eigenvalue weighted by Gasteiger charge is -2.32. The van der Waals surface area contributed by atoms with E-state index in [9.17, 15) is 18.0 Å². The average Bonchev–Trinajstić information content (AvgIpc) is 2.72. The van der Waals surface area contributed by atoms with Gasteiger partial charge in [0.05, 0.1) is 28.8 Å². The van der Waals surface area contributed by atoms with E-state index >= 15 is 0 Å². The molecule has 0 radical (unpaired) electrons. The van der Waals surface area contributed by atoms with Gasteiger partial charge in [0.2, 0.25) is 5.88 Å². The first-order chi connectivity index (χ1) is 15.1. The van der Waals surface area contributed by atoms with Crippen LogP contribution in [0.4, 0.5) is 23.7 Å². The van der Waals surface area contributed by atoms with Crippen LogP contribution >= 0.6 is 0 Å². The zero-order valence-corrected chi connectivity index (χ0v) is 17.8. The number of aromatic nitrogens is 1. The van der Waals surface area contributed by atoms with E-state index in [1.165, 1.54) is 24.4 Å². The summed E-state index contributed by atoms with van der Waals surface area (Å²) in [5.74, 6) is -1.04. The maximum Gasteiger partial charge on any atom is 0.513 e. The number of pyridine rings is 1. The molecule has 172 valence electrons. The van der Waals surface area contributed by atoms with Gasteiger partial charge in [0, 0.05) is 18.4 Å². The highest BCUT2D eigenvalue weighted by Crippen LogP contribution is 2.49. The lowest BCUT2D eigenvalue weighted by atomic mass is 9.83. The van der Waals surface area contributed by atoms with Gasteiger partial charge in [-0.05, 0) is 38.5 Å². The summed E-state index contributed by atoms with van der Waals surface area (Å²) >= 11 is 0. The van der Waals surface area contributed by atoms with Gasteiger partial charge in [-0.3, -0.25) is 0 Å². The number of fused-ring (bicyclic) bond motifs is 1. The van der Waals surface area contributed by atoms with Crippen LogP contribution in [-0.2, 0) is 15.7 Å². The second-order valence-corrected chi connectivity index (χ2v) is 7.37. The Morgan fingerprint density at radius 3 is 2.62 bits per heavy atom. The fraction of sp³-hybridized carbons (Fsp3) is 0.364. The summed E-state index contributed by atoms with van der Waals surface area (Å²) < 4.78 is 57.9. The van der Waals surface area contributed by atoms with E-state index in [-0.39, 0.29) is 36.5 Å². The first kappa shape index (κ1) is 23.4. The molecular weight excluding hydrogens is 427 g/mol. The van der Waals surface area contributed by atoms with E-state index in [1.54, 1.807) is 26.8 Å². The molecular formula is C22H24F3N3O4. The minimum atomic E-state index is -4.64. The molecule has 1 aromatic heterocycles. The van der Waals surface area contributed by atoms with E-state index in [4.69, 9.17) is 19.9 Å². The van der Waals surface area contributed by atoms with Crippen LogP contribution in [0.15, 0.2) is 48.0 Å². The van der Waals surface area contributed by atoms with Gasteiger partial charge in [0.1, 0.15) is 12.4 Å². The van der Waals surface area contributed by atoms with Crippen LogP contribution in [0.25, 0.3) is 0 Å². The molecule has 0 saturated carbocycles. The number of rotatable bonds is 6. The third-order valence-electron chi connectivity index (χ3n) is 4.65. The molecule has 0 saturated heterocycles. The quantitative estimate of drug-likeness (QED) is 0.610. The van der Waals surface area contributed by atoms with Gasteiger partial charge in [-0.1, -0.05) is 18.2 Å². The molecule has 1 aliphatic rings. The molecule has 2 aromatic rings. The number of nitrogens with one attached hydrogen (secondary N) is 1. The van der Waals surface area contributed by atoms with Crippen molar-refractivity contribution in [2.45, 2.75) is 39.0 Å². The molecule has 0 amide bonds. The number of carbonyl (C=O) groups excluding carboxylic acids is 1. The van der Waals surface area contributed by atoms with Crippen LogP contribution in [0.3, 0.4) is 0 Å². The number of carbonyl (C=O) groups is 1. The third kappa shape index (κ3) is 4.96. The van der Waals surface area contributed by atoms with Crippen molar-refractivity contribution in [3.63, 3.8) is 0 Å². The molecule has 1 atom stereocenters. The normalized spacial score (nSPS) is 15.8. The maximum atomic E-state index is 13.9. The monoisotopic (exact) mass is 451 g/mol. The van der Waals surface area contributed by atoms with Crippen molar-refractivity contribution in [2.75, 3.05) is 18.5 Å². The molecule has 2 heterocycles. The lowest BCUT2D eigenvalue weighted by molar-refractivity contribution is -0.138. The van der Waals surface area contributed by atoms with Crippen LogP contribution in [0.2, 0.25) is 0 Å². The predicted molar refractivity (Wildman–Crippen MR) is 111 cm³/mol. The largest absolute Gasteiger partial charge is 0.513 e. The maximum absolute atomic E-state index is 13.9. The minimum absolute atomic E-state index is 0.0437. The van der Waals surface area contributed by atoms with Crippen molar-refractivity contribution in [3.8, 4) is 5.88 Å². The number of ether oxygens (including phenoxy) is 3. The Labute approximate surface area is 183 Å². The van der Waals surface area contributed by atoms with E-state index < -0.39 is 23.8 Å². The van der Waals surface area contributed by atoms with E-state index in [0.29, 0.717) is 16.9 Å². The van der Waals surface area contributed by atoms with Gasteiger partial charge >= 0.3 is 12.3 Å². The van der Waals surface area contributed by atoms with Crippen LogP contribution in [-0.4, -0.2) is 30.4 Å². The van der Waals surface area contributed by atoms with Crippen LogP contribution in [0.1, 0.15) is 43.4 Å². The van der Waals surface area contributed by atoms with Crippen molar-refractivity contribution in [3.05, 3.63) is 64.7 Å². The second-order valence-electron chi connectivity index (χ2n) is 7.37. The zero-order valence-electron chi connectivity index (χ0n) is 17.8. The first-order valence-corrected chi connectivity index (χ1v) is 9.97. The molecule has 0 aliphatic carbocycles. The molecule has 3 rings (SSSR count). The summed E-state index contributed by atoms with van der Waals surface area (Å²) in [5.41, 5.74) is 5.55. The van der Waals surface area contributed by atoms with Crippen LogP contribution in [0.5, 0.6) is 5.88 Å². The van der Waals surface area contributed by atoms with Gasteiger partial charge in [-0.15, -0.1) is 0 Å². The number of anilines is 1. The van der Waals surface area contributed by atoms with E-state index in [0.717, 1.165) is 6.07 Å². The van der Waals surface area contributed by atoms with Crippen molar-refractivity contribution < 1.29 is 32.2 Å². The van der Waals surface area contributed by atoms with Crippen molar-refractivity contribution in [1.29, 1.82) is 0 Å². The standard InChI is InChI=1S/C22H24F3N3O4/c1-12(2)31-20-18-16(8-10-27-20)28-13(3)19(32-21(29)30-11-9-26)17(18)14-6-4-5-7-15(14)22(23,24)25/h4-8,10,12,17,28H,9,11,26H2,1-3H3. The number of nitrogens with zero attached hydrogens (tertiary/aromatic N) is 1. The summed E-state index contributed by atoms with van der Waals surface area (Å²) in [7, 11) is 0. The first-order valence-electron chi connectivity index (χ1n) is 9.97. The number of nitrogens with two attached hydrogens (primary N) is 1. The highest BCUT2D eigenvalue weighted by atomic mass is 19.4. The smallest absolute Gasteiger partial charge is 0.475 e. The van der Waals surface area contributed by atoms with E-state index in [1.807, 2.05) is 0 Å². The fourth-order valence-corrected chi connectivity index (χ4v) is 3.47. The molecule has 0 fully saturated rings. The van der Waals surface area contributed by atoms with Crippen molar-refractivity contribution in [1.82, 2.24) is 4.98 Å². The summed E-state index contributed by atoms with van der Waals surface area (Å²) in [6, 6.07) is 6.74. The summed E-state index contributed by atoms with van der Waals surface area (Å²) in [4.78, 5) is 16.5. The molecule has 3 N–H and O–H groups in total. The molecule has 1 aliphatic heterocycles. The number of hydrogen-bond donors (Lipinski definition) is 2. The third-order valence-corrected chi connectivity index (χ3v) is 4.65. The fourth-order valence-electron chi connectivity index (χ4n) is 3.47. The molecule has 32 heavy (non-hydrogen) atoms. The van der Waals surface area contributed by atoms with Gasteiger partial charge < -0.3 is 25.3 Å². The van der Waals surface area contributed by atoms with Crippen molar-refractivity contribution >= 4 is 11.8 Å². The van der Waals surface area contributed by atoms with Crippen LogP contribution in [0, 0.1) is 0 Å². The van der Waals surface area contributed by atoms with Gasteiger partial charge in [-0.25, -0.2) is 9.78 Å². The molecule has 10 heteroatoms. The Bertz CT molecular complexity index is 1020. The number of hydrogen-bond acceptors (Lipinski definition) is 7. The molecule has 0 spiro atoms. The highest BCUT2D eigenvalue weighted by Gasteiger charge is 2.41. The summed E-state index contributed by atoms with van der Waals surface area (Å²) in [6.07, 6.45) is -4.51. The summed E-state index contributed by atoms with van der Waals surface area (Å²) in [5, 5.41) is 3.06. The number of allylic oxidation sites excluding steroid dienone is 2.